The lowest BCUT2D eigenvalue weighted by Gasteiger charge is -2.15. The SMILES string of the molecule is COc1ccc(C(=O)NS(=O)(=O)c2ccccc2S(=O)(=O)N(C)C)nc1OC. The molecule has 0 saturated carbocycles. The van der Waals surface area contributed by atoms with Gasteiger partial charge in [0, 0.05) is 14.1 Å². The summed E-state index contributed by atoms with van der Waals surface area (Å²) in [4.78, 5) is 15.3. The second-order valence-corrected chi connectivity index (χ2v) is 9.35. The van der Waals surface area contributed by atoms with E-state index < -0.39 is 35.7 Å². The third kappa shape index (κ3) is 4.24. The third-order valence-corrected chi connectivity index (χ3v) is 6.99. The van der Waals surface area contributed by atoms with E-state index in [2.05, 4.69) is 4.98 Å². The summed E-state index contributed by atoms with van der Waals surface area (Å²) >= 11 is 0. The Kier molecular flexibility index (Phi) is 6.27. The van der Waals surface area contributed by atoms with Crippen LogP contribution < -0.4 is 14.2 Å². The molecule has 152 valence electrons. The van der Waals surface area contributed by atoms with Gasteiger partial charge in [-0.05, 0) is 24.3 Å². The molecule has 1 heterocycles. The van der Waals surface area contributed by atoms with Crippen molar-refractivity contribution in [3.8, 4) is 11.6 Å². The van der Waals surface area contributed by atoms with Crippen LogP contribution in [0.1, 0.15) is 10.5 Å². The van der Waals surface area contributed by atoms with E-state index in [-0.39, 0.29) is 17.3 Å². The highest BCUT2D eigenvalue weighted by atomic mass is 32.2. The summed E-state index contributed by atoms with van der Waals surface area (Å²) in [6.45, 7) is 0. The molecule has 0 saturated heterocycles. The van der Waals surface area contributed by atoms with Crippen LogP contribution in [0.5, 0.6) is 11.6 Å². The van der Waals surface area contributed by atoms with Gasteiger partial charge in [0.2, 0.25) is 10.0 Å². The first kappa shape index (κ1) is 21.6. The van der Waals surface area contributed by atoms with Gasteiger partial charge in [-0.3, -0.25) is 4.79 Å². The van der Waals surface area contributed by atoms with Crippen LogP contribution in [0.15, 0.2) is 46.2 Å². The van der Waals surface area contributed by atoms with Gasteiger partial charge in [0.15, 0.2) is 5.75 Å². The first-order valence-electron chi connectivity index (χ1n) is 7.72. The molecule has 12 heteroatoms. The van der Waals surface area contributed by atoms with Gasteiger partial charge in [-0.2, -0.15) is 0 Å². The summed E-state index contributed by atoms with van der Waals surface area (Å²) in [5.41, 5.74) is -0.255. The monoisotopic (exact) mass is 429 g/mol. The number of pyridine rings is 1. The molecular formula is C16H19N3O7S2. The minimum absolute atomic E-state index is 0.0110. The fourth-order valence-corrected chi connectivity index (χ4v) is 4.83. The van der Waals surface area contributed by atoms with Crippen LogP contribution in [-0.2, 0) is 20.0 Å². The standard InChI is InChI=1S/C16H19N3O7S2/c1-19(2)28(23,24)14-8-6-5-7-13(14)27(21,22)18-15(20)11-9-10-12(25-3)16(17-11)26-4/h5-10H,1-4H3,(H,18,20). The van der Waals surface area contributed by atoms with E-state index in [4.69, 9.17) is 9.47 Å². The first-order chi connectivity index (χ1) is 13.0. The molecule has 0 bridgehead atoms. The molecule has 2 aromatic rings. The number of carbonyl (C=O) groups is 1. The third-order valence-electron chi connectivity index (χ3n) is 3.60. The zero-order valence-electron chi connectivity index (χ0n) is 15.5. The highest BCUT2D eigenvalue weighted by molar-refractivity contribution is 7.92. The average Bonchev–Trinajstić information content (AvgIpc) is 2.66. The van der Waals surface area contributed by atoms with Crippen molar-refractivity contribution in [1.82, 2.24) is 14.0 Å². The lowest BCUT2D eigenvalue weighted by molar-refractivity contribution is 0.0975. The number of rotatable bonds is 7. The number of methoxy groups -OCH3 is 2. The van der Waals surface area contributed by atoms with E-state index >= 15 is 0 Å². The topological polar surface area (TPSA) is 132 Å². The molecule has 0 atom stereocenters. The molecule has 0 aliphatic heterocycles. The summed E-state index contributed by atoms with van der Waals surface area (Å²) in [5, 5.41) is 0. The maximum Gasteiger partial charge on any atom is 0.283 e. The molecule has 0 aliphatic rings. The molecule has 10 nitrogen and oxygen atoms in total. The van der Waals surface area contributed by atoms with Gasteiger partial charge in [0.1, 0.15) is 15.5 Å². The molecule has 28 heavy (non-hydrogen) atoms. The van der Waals surface area contributed by atoms with Gasteiger partial charge < -0.3 is 9.47 Å². The van der Waals surface area contributed by atoms with Gasteiger partial charge in [-0.15, -0.1) is 0 Å². The van der Waals surface area contributed by atoms with E-state index in [0.717, 1.165) is 16.4 Å². The fourth-order valence-electron chi connectivity index (χ4n) is 2.17. The minimum atomic E-state index is -4.51. The highest BCUT2D eigenvalue weighted by Gasteiger charge is 2.29. The second kappa shape index (κ2) is 8.12. The number of benzene rings is 1. The number of nitrogens with zero attached hydrogens (tertiary/aromatic N) is 2. The van der Waals surface area contributed by atoms with Crippen LogP contribution in [0, 0.1) is 0 Å². The van der Waals surface area contributed by atoms with Crippen LogP contribution in [0.3, 0.4) is 0 Å². The summed E-state index contributed by atoms with van der Waals surface area (Å²) < 4.78 is 62.9. The average molecular weight is 429 g/mol. The number of sulfonamides is 2. The van der Waals surface area contributed by atoms with Crippen LogP contribution in [0.2, 0.25) is 0 Å². The molecule has 1 N–H and O–H groups in total. The lowest BCUT2D eigenvalue weighted by atomic mass is 10.3. The van der Waals surface area contributed by atoms with Crippen LogP contribution >= 0.6 is 0 Å². The molecule has 2 rings (SSSR count). The summed E-state index contributed by atoms with van der Waals surface area (Å²) in [5.74, 6) is -0.814. The van der Waals surface area contributed by atoms with Crippen LogP contribution in [-0.4, -0.2) is 60.3 Å². The van der Waals surface area contributed by atoms with Crippen LogP contribution in [0.4, 0.5) is 0 Å². The Morgan fingerprint density at radius 1 is 0.964 bits per heavy atom. The molecule has 0 spiro atoms. The molecular weight excluding hydrogens is 410 g/mol. The van der Waals surface area contributed by atoms with Crippen molar-refractivity contribution in [2.45, 2.75) is 9.79 Å². The van der Waals surface area contributed by atoms with Crippen molar-refractivity contribution in [1.29, 1.82) is 0 Å². The zero-order valence-corrected chi connectivity index (χ0v) is 17.2. The van der Waals surface area contributed by atoms with Gasteiger partial charge in [-0.1, -0.05) is 12.1 Å². The van der Waals surface area contributed by atoms with E-state index in [0.29, 0.717) is 0 Å². The van der Waals surface area contributed by atoms with E-state index in [1.807, 2.05) is 4.72 Å². The largest absolute Gasteiger partial charge is 0.491 e. The summed E-state index contributed by atoms with van der Waals surface area (Å²) in [6.07, 6.45) is 0. The zero-order chi connectivity index (χ0) is 21.1. The Hall–Kier alpha value is -2.70. The van der Waals surface area contributed by atoms with Gasteiger partial charge in [0.05, 0.1) is 14.2 Å². The molecule has 0 fully saturated rings. The number of ether oxygens (including phenoxy) is 2. The lowest BCUT2D eigenvalue weighted by Crippen LogP contribution is -2.33. The van der Waals surface area contributed by atoms with Crippen molar-refractivity contribution in [3.05, 3.63) is 42.1 Å². The maximum atomic E-state index is 12.7. The fraction of sp³-hybridized carbons (Fsp3) is 0.250. The Morgan fingerprint density at radius 2 is 1.57 bits per heavy atom. The second-order valence-electron chi connectivity index (χ2n) is 5.58. The molecule has 1 amide bonds. The number of amides is 1. The van der Waals surface area contributed by atoms with E-state index in [1.165, 1.54) is 52.6 Å². The summed E-state index contributed by atoms with van der Waals surface area (Å²) in [7, 11) is -3.34. The Balaban J connectivity index is 2.44. The highest BCUT2D eigenvalue weighted by Crippen LogP contribution is 2.25. The predicted molar refractivity (Wildman–Crippen MR) is 99.3 cm³/mol. The number of hydrogen-bond acceptors (Lipinski definition) is 8. The number of aromatic nitrogens is 1. The number of hydrogen-bond donors (Lipinski definition) is 1. The van der Waals surface area contributed by atoms with Gasteiger partial charge in [0.25, 0.3) is 21.8 Å². The van der Waals surface area contributed by atoms with Crippen LogP contribution in [0.25, 0.3) is 0 Å². The van der Waals surface area contributed by atoms with Gasteiger partial charge >= 0.3 is 0 Å². The number of nitrogens with one attached hydrogen (secondary N) is 1. The Labute approximate surface area is 163 Å². The van der Waals surface area contributed by atoms with E-state index in [9.17, 15) is 21.6 Å². The molecule has 1 aromatic carbocycles. The Bertz CT molecular complexity index is 1100. The predicted octanol–water partition coefficient (Wildman–Crippen LogP) is 0.468. The minimum Gasteiger partial charge on any atom is -0.491 e. The first-order valence-corrected chi connectivity index (χ1v) is 10.6. The molecule has 0 radical (unpaired) electrons. The maximum absolute atomic E-state index is 12.7. The van der Waals surface area contributed by atoms with Crippen molar-refractivity contribution < 1.29 is 31.1 Å². The van der Waals surface area contributed by atoms with E-state index in [1.54, 1.807) is 0 Å². The molecule has 1 aromatic heterocycles. The van der Waals surface area contributed by atoms with Crippen molar-refractivity contribution in [2.75, 3.05) is 28.3 Å². The van der Waals surface area contributed by atoms with Crippen molar-refractivity contribution in [3.63, 3.8) is 0 Å². The number of carbonyl (C=O) groups excluding carboxylic acids is 1. The summed E-state index contributed by atoms with van der Waals surface area (Å²) in [6, 6.07) is 7.60. The van der Waals surface area contributed by atoms with Gasteiger partial charge in [-0.25, -0.2) is 30.8 Å². The smallest absolute Gasteiger partial charge is 0.283 e. The quantitative estimate of drug-likeness (QED) is 0.672. The van der Waals surface area contributed by atoms with Crippen molar-refractivity contribution in [2.24, 2.45) is 0 Å². The normalized spacial score (nSPS) is 11.9. The molecule has 0 aliphatic carbocycles. The van der Waals surface area contributed by atoms with Crippen molar-refractivity contribution >= 4 is 26.0 Å². The Morgan fingerprint density at radius 3 is 2.11 bits per heavy atom. The molecule has 0 unspecified atom stereocenters.